The van der Waals surface area contributed by atoms with Crippen LogP contribution in [0, 0.1) is 5.92 Å². The lowest BCUT2D eigenvalue weighted by Crippen LogP contribution is -2.41. The van der Waals surface area contributed by atoms with Crippen LogP contribution in [0.4, 0.5) is 4.79 Å². The molecule has 7 nitrogen and oxygen atoms in total. The highest BCUT2D eigenvalue weighted by atomic mass is 32.2. The van der Waals surface area contributed by atoms with Crippen molar-refractivity contribution >= 4 is 29.7 Å². The molecule has 2 aliphatic carbocycles. The molecule has 178 valence electrons. The van der Waals surface area contributed by atoms with E-state index in [2.05, 4.69) is 34.9 Å². The van der Waals surface area contributed by atoms with Crippen molar-refractivity contribution in [2.75, 3.05) is 24.7 Å². The van der Waals surface area contributed by atoms with Crippen molar-refractivity contribution in [1.82, 2.24) is 10.6 Å². The van der Waals surface area contributed by atoms with Gasteiger partial charge in [-0.15, -0.1) is 11.8 Å². The van der Waals surface area contributed by atoms with E-state index in [1.807, 2.05) is 36.4 Å². The number of carboxylic acids is 1. The maximum Gasteiger partial charge on any atom is 0.407 e. The molecule has 0 spiro atoms. The molecule has 0 saturated heterocycles. The van der Waals surface area contributed by atoms with Crippen LogP contribution in [0.15, 0.2) is 60.7 Å². The maximum atomic E-state index is 12.5. The zero-order chi connectivity index (χ0) is 23.9. The summed E-state index contributed by atoms with van der Waals surface area (Å²) < 4.78 is 5.61. The third-order valence-electron chi connectivity index (χ3n) is 6.12. The molecule has 2 unspecified atom stereocenters. The number of benzene rings is 2. The zero-order valence-electron chi connectivity index (χ0n) is 18.7. The average molecular weight is 481 g/mol. The van der Waals surface area contributed by atoms with Gasteiger partial charge in [-0.25, -0.2) is 4.79 Å². The summed E-state index contributed by atoms with van der Waals surface area (Å²) in [5, 5.41) is 14.4. The monoisotopic (exact) mass is 480 g/mol. The number of carbonyl (C=O) groups excluding carboxylic acids is 2. The van der Waals surface area contributed by atoms with E-state index in [4.69, 9.17) is 9.84 Å². The fourth-order valence-electron chi connectivity index (χ4n) is 4.55. The van der Waals surface area contributed by atoms with Crippen LogP contribution >= 0.6 is 11.8 Å². The fourth-order valence-corrected chi connectivity index (χ4v) is 5.12. The van der Waals surface area contributed by atoms with Crippen LogP contribution < -0.4 is 10.6 Å². The van der Waals surface area contributed by atoms with Gasteiger partial charge in [0.05, 0.1) is 11.8 Å². The Labute approximate surface area is 203 Å². The van der Waals surface area contributed by atoms with Gasteiger partial charge in [-0.3, -0.25) is 9.59 Å². The molecule has 3 N–H and O–H groups in total. The average Bonchev–Trinajstić information content (AvgIpc) is 3.16. The highest BCUT2D eigenvalue weighted by Crippen LogP contribution is 2.44. The molecule has 0 aliphatic heterocycles. The number of ether oxygens (including phenoxy) is 1. The molecule has 0 bridgehead atoms. The lowest BCUT2D eigenvalue weighted by atomic mass is 9.90. The molecular weight excluding hydrogens is 452 g/mol. The number of amides is 2. The minimum atomic E-state index is -0.865. The molecule has 0 radical (unpaired) electrons. The van der Waals surface area contributed by atoms with Crippen molar-refractivity contribution in [2.24, 2.45) is 5.92 Å². The minimum Gasteiger partial charge on any atom is -0.481 e. The van der Waals surface area contributed by atoms with Crippen molar-refractivity contribution < 1.29 is 24.2 Å². The molecule has 4 rings (SSSR count). The lowest BCUT2D eigenvalue weighted by Gasteiger charge is -2.25. The standard InChI is InChI=1S/C26H28N2O5S/c29-24(30)16-34-13-12-27-25(31)17-6-5-7-18(14-17)28-26(32)33-15-23-21-10-3-1-8-19(21)20-9-2-4-11-22(20)23/h1-5,7-11,17-18,23H,6,12-16H2,(H,27,31)(H,28,32)(H,29,30). The molecule has 0 saturated carbocycles. The molecule has 8 heteroatoms. The van der Waals surface area contributed by atoms with E-state index in [1.165, 1.54) is 22.9 Å². The van der Waals surface area contributed by atoms with Gasteiger partial charge in [0.15, 0.2) is 0 Å². The van der Waals surface area contributed by atoms with Crippen LogP contribution in [0.1, 0.15) is 29.9 Å². The lowest BCUT2D eigenvalue weighted by molar-refractivity contribution is -0.134. The first-order chi connectivity index (χ1) is 16.5. The Bertz CT molecular complexity index is 1040. The summed E-state index contributed by atoms with van der Waals surface area (Å²) in [5.74, 6) is -0.627. The Morgan fingerprint density at radius 3 is 2.38 bits per heavy atom. The third-order valence-corrected chi connectivity index (χ3v) is 7.06. The SMILES string of the molecule is O=C(O)CSCCNC(=O)C1CC=CC(NC(=O)OCC2c3ccccc3-c3ccccc32)C1. The smallest absolute Gasteiger partial charge is 0.407 e. The number of carbonyl (C=O) groups is 3. The van der Waals surface area contributed by atoms with Gasteiger partial charge in [-0.2, -0.15) is 0 Å². The van der Waals surface area contributed by atoms with E-state index in [9.17, 15) is 14.4 Å². The van der Waals surface area contributed by atoms with E-state index >= 15 is 0 Å². The first-order valence-electron chi connectivity index (χ1n) is 11.4. The van der Waals surface area contributed by atoms with Gasteiger partial charge >= 0.3 is 12.1 Å². The Balaban J connectivity index is 1.25. The third kappa shape index (κ3) is 5.80. The highest BCUT2D eigenvalue weighted by Gasteiger charge is 2.30. The van der Waals surface area contributed by atoms with Gasteiger partial charge in [0.25, 0.3) is 0 Å². The van der Waals surface area contributed by atoms with E-state index in [1.54, 1.807) is 0 Å². The van der Waals surface area contributed by atoms with Crippen LogP contribution in [-0.4, -0.2) is 53.8 Å². The number of aliphatic carboxylic acids is 1. The van der Waals surface area contributed by atoms with Crippen LogP contribution in [-0.2, 0) is 14.3 Å². The molecule has 2 aromatic carbocycles. The van der Waals surface area contributed by atoms with E-state index < -0.39 is 12.1 Å². The fraction of sp³-hybridized carbons (Fsp3) is 0.346. The first-order valence-corrected chi connectivity index (χ1v) is 12.5. The summed E-state index contributed by atoms with van der Waals surface area (Å²) >= 11 is 1.26. The number of rotatable bonds is 9. The molecule has 2 aromatic rings. The quantitative estimate of drug-likeness (QED) is 0.373. The first kappa shape index (κ1) is 23.9. The molecule has 2 aliphatic rings. The van der Waals surface area contributed by atoms with Gasteiger partial charge < -0.3 is 20.5 Å². The summed E-state index contributed by atoms with van der Waals surface area (Å²) in [6.07, 6.45) is 4.41. The van der Waals surface area contributed by atoms with Gasteiger partial charge in [-0.1, -0.05) is 60.7 Å². The number of allylic oxidation sites excluding steroid dienone is 1. The van der Waals surface area contributed by atoms with E-state index in [-0.39, 0.29) is 36.1 Å². The van der Waals surface area contributed by atoms with Crippen molar-refractivity contribution in [2.45, 2.75) is 24.8 Å². The molecule has 2 amide bonds. The Kier molecular flexibility index (Phi) is 7.90. The van der Waals surface area contributed by atoms with Crippen molar-refractivity contribution in [3.05, 3.63) is 71.8 Å². The van der Waals surface area contributed by atoms with E-state index in [0.29, 0.717) is 25.1 Å². The summed E-state index contributed by atoms with van der Waals surface area (Å²) in [5.41, 5.74) is 4.68. The number of carboxylic acid groups (broad SMARTS) is 1. The number of fused-ring (bicyclic) bond motifs is 3. The number of nitrogens with one attached hydrogen (secondary N) is 2. The molecule has 0 fully saturated rings. The van der Waals surface area contributed by atoms with Gasteiger partial charge in [0.2, 0.25) is 5.91 Å². The number of hydrogen-bond acceptors (Lipinski definition) is 5. The van der Waals surface area contributed by atoms with Crippen molar-refractivity contribution in [3.63, 3.8) is 0 Å². The van der Waals surface area contributed by atoms with Crippen LogP contribution in [0.2, 0.25) is 0 Å². The van der Waals surface area contributed by atoms with Crippen molar-refractivity contribution in [1.29, 1.82) is 0 Å². The van der Waals surface area contributed by atoms with E-state index in [0.717, 1.165) is 11.1 Å². The van der Waals surface area contributed by atoms with Crippen molar-refractivity contribution in [3.8, 4) is 11.1 Å². The maximum absolute atomic E-state index is 12.5. The van der Waals surface area contributed by atoms with Gasteiger partial charge in [0.1, 0.15) is 6.61 Å². The number of thioether (sulfide) groups is 1. The normalized spacial score (nSPS) is 18.6. The summed E-state index contributed by atoms with van der Waals surface area (Å²) in [6, 6.07) is 16.1. The summed E-state index contributed by atoms with van der Waals surface area (Å²) in [7, 11) is 0. The predicted octanol–water partition coefficient (Wildman–Crippen LogP) is 3.79. The van der Waals surface area contributed by atoms with Crippen LogP contribution in [0.5, 0.6) is 0 Å². The molecule has 0 aromatic heterocycles. The predicted molar refractivity (Wildman–Crippen MR) is 132 cm³/mol. The Morgan fingerprint density at radius 2 is 1.71 bits per heavy atom. The molecule has 0 heterocycles. The highest BCUT2D eigenvalue weighted by molar-refractivity contribution is 7.99. The second-order valence-electron chi connectivity index (χ2n) is 8.41. The Hall–Kier alpha value is -3.26. The number of alkyl carbamates (subject to hydrolysis) is 1. The van der Waals surface area contributed by atoms with Gasteiger partial charge in [0, 0.05) is 24.1 Å². The molecule has 34 heavy (non-hydrogen) atoms. The Morgan fingerprint density at radius 1 is 1.03 bits per heavy atom. The molecular formula is C26H28N2O5S. The summed E-state index contributed by atoms with van der Waals surface area (Å²) in [6.45, 7) is 0.662. The molecule has 2 atom stereocenters. The number of hydrogen-bond donors (Lipinski definition) is 3. The second-order valence-corrected chi connectivity index (χ2v) is 9.52. The summed E-state index contributed by atoms with van der Waals surface area (Å²) in [4.78, 5) is 35.5. The second kappa shape index (κ2) is 11.2. The zero-order valence-corrected chi connectivity index (χ0v) is 19.6. The topological polar surface area (TPSA) is 105 Å². The van der Waals surface area contributed by atoms with Crippen LogP contribution in [0.3, 0.4) is 0 Å². The largest absolute Gasteiger partial charge is 0.481 e. The minimum absolute atomic E-state index is 0.00225. The van der Waals surface area contributed by atoms with Gasteiger partial charge in [-0.05, 0) is 35.1 Å². The van der Waals surface area contributed by atoms with Crippen LogP contribution in [0.25, 0.3) is 11.1 Å².